The van der Waals surface area contributed by atoms with Crippen LogP contribution >= 0.6 is 27.5 Å². The normalized spacial score (nSPS) is 20.5. The van der Waals surface area contributed by atoms with Gasteiger partial charge in [-0.3, -0.25) is 0 Å². The molecule has 1 saturated heterocycles. The summed E-state index contributed by atoms with van der Waals surface area (Å²) in [5.74, 6) is 1.37. The van der Waals surface area contributed by atoms with Gasteiger partial charge in [0.2, 0.25) is 0 Å². The first-order chi connectivity index (χ1) is 7.27. The van der Waals surface area contributed by atoms with Gasteiger partial charge >= 0.3 is 0 Å². The second-order valence-electron chi connectivity index (χ2n) is 3.72. The lowest BCUT2D eigenvalue weighted by Crippen LogP contribution is -2.15. The van der Waals surface area contributed by atoms with Crippen molar-refractivity contribution in [2.75, 3.05) is 19.7 Å². The van der Waals surface area contributed by atoms with E-state index in [1.165, 1.54) is 6.42 Å². The number of hydrogen-bond donors (Lipinski definition) is 1. The van der Waals surface area contributed by atoms with Crippen LogP contribution in [0, 0.1) is 5.92 Å². The largest absolute Gasteiger partial charge is 0.492 e. The maximum absolute atomic E-state index is 6.09. The smallest absolute Gasteiger partial charge is 0.139 e. The standard InChI is InChI=1S/C11H13BrClNO/c12-9-2-1-3-10(11(9)13)15-7-8-4-5-14-6-8/h1-3,8,14H,4-7H2. The summed E-state index contributed by atoms with van der Waals surface area (Å²) in [7, 11) is 0. The van der Waals surface area contributed by atoms with Crippen LogP contribution < -0.4 is 10.1 Å². The molecule has 1 aromatic carbocycles. The molecule has 1 aliphatic heterocycles. The average Bonchev–Trinajstić information content (AvgIpc) is 2.73. The molecule has 0 saturated carbocycles. The molecule has 1 atom stereocenters. The van der Waals surface area contributed by atoms with Crippen molar-refractivity contribution < 1.29 is 4.74 Å². The van der Waals surface area contributed by atoms with Crippen LogP contribution in [0.1, 0.15) is 6.42 Å². The molecule has 0 aromatic heterocycles. The zero-order valence-corrected chi connectivity index (χ0v) is 10.6. The zero-order chi connectivity index (χ0) is 10.7. The molecule has 15 heavy (non-hydrogen) atoms. The van der Waals surface area contributed by atoms with Gasteiger partial charge in [0.1, 0.15) is 5.75 Å². The van der Waals surface area contributed by atoms with Gasteiger partial charge in [0.25, 0.3) is 0 Å². The Kier molecular flexibility index (Phi) is 3.89. The van der Waals surface area contributed by atoms with Crippen molar-refractivity contribution in [3.05, 3.63) is 27.7 Å². The molecule has 2 rings (SSSR count). The Morgan fingerprint density at radius 3 is 3.13 bits per heavy atom. The fourth-order valence-corrected chi connectivity index (χ4v) is 2.19. The van der Waals surface area contributed by atoms with Crippen LogP contribution in [0.4, 0.5) is 0 Å². The minimum Gasteiger partial charge on any atom is -0.492 e. The predicted octanol–water partition coefficient (Wildman–Crippen LogP) is 3.09. The molecule has 0 aliphatic carbocycles. The first-order valence-corrected chi connectivity index (χ1v) is 6.22. The Bertz CT molecular complexity index is 339. The maximum atomic E-state index is 6.09. The molecule has 82 valence electrons. The van der Waals surface area contributed by atoms with Gasteiger partial charge in [0.15, 0.2) is 0 Å². The molecule has 2 nitrogen and oxygen atoms in total. The van der Waals surface area contributed by atoms with Gasteiger partial charge in [-0.2, -0.15) is 0 Å². The van der Waals surface area contributed by atoms with Gasteiger partial charge in [-0.25, -0.2) is 0 Å². The van der Waals surface area contributed by atoms with Crippen LogP contribution in [-0.4, -0.2) is 19.7 Å². The van der Waals surface area contributed by atoms with Crippen molar-refractivity contribution in [1.82, 2.24) is 5.32 Å². The summed E-state index contributed by atoms with van der Waals surface area (Å²) in [6.45, 7) is 2.88. The fraction of sp³-hybridized carbons (Fsp3) is 0.455. The van der Waals surface area contributed by atoms with Gasteiger partial charge in [0, 0.05) is 16.9 Å². The first-order valence-electron chi connectivity index (χ1n) is 5.05. The van der Waals surface area contributed by atoms with Gasteiger partial charge in [-0.15, -0.1) is 0 Å². The molecule has 1 aliphatic rings. The van der Waals surface area contributed by atoms with Crippen LogP contribution in [0.25, 0.3) is 0 Å². The summed E-state index contributed by atoms with van der Waals surface area (Å²) in [6.07, 6.45) is 1.19. The number of halogens is 2. The predicted molar refractivity (Wildman–Crippen MR) is 65.6 cm³/mol. The molecule has 0 spiro atoms. The van der Waals surface area contributed by atoms with E-state index in [-0.39, 0.29) is 0 Å². The van der Waals surface area contributed by atoms with Gasteiger partial charge in [0.05, 0.1) is 11.6 Å². The Morgan fingerprint density at radius 1 is 1.53 bits per heavy atom. The molecular weight excluding hydrogens is 277 g/mol. The highest BCUT2D eigenvalue weighted by Crippen LogP contribution is 2.32. The Hall–Kier alpha value is -0.250. The highest BCUT2D eigenvalue weighted by Gasteiger charge is 2.15. The van der Waals surface area contributed by atoms with Crippen LogP contribution in [0.15, 0.2) is 22.7 Å². The van der Waals surface area contributed by atoms with Gasteiger partial charge < -0.3 is 10.1 Å². The summed E-state index contributed by atoms with van der Waals surface area (Å²) < 4.78 is 6.58. The van der Waals surface area contributed by atoms with E-state index in [9.17, 15) is 0 Å². The number of nitrogens with one attached hydrogen (secondary N) is 1. The van der Waals surface area contributed by atoms with E-state index in [1.807, 2.05) is 18.2 Å². The Labute approximate surface area is 103 Å². The highest BCUT2D eigenvalue weighted by molar-refractivity contribution is 9.10. The highest BCUT2D eigenvalue weighted by atomic mass is 79.9. The summed E-state index contributed by atoms with van der Waals surface area (Å²) in [6, 6.07) is 5.74. The number of ether oxygens (including phenoxy) is 1. The summed E-state index contributed by atoms with van der Waals surface area (Å²) >= 11 is 9.47. The van der Waals surface area contributed by atoms with E-state index in [0.29, 0.717) is 10.9 Å². The zero-order valence-electron chi connectivity index (χ0n) is 8.30. The summed E-state index contributed by atoms with van der Waals surface area (Å²) in [5.41, 5.74) is 0. The second kappa shape index (κ2) is 5.19. The number of benzene rings is 1. The van der Waals surface area contributed by atoms with Crippen molar-refractivity contribution in [3.8, 4) is 5.75 Å². The molecular formula is C11H13BrClNO. The summed E-state index contributed by atoms with van der Waals surface area (Å²) in [4.78, 5) is 0. The minimum atomic E-state index is 0.611. The third kappa shape index (κ3) is 2.86. The third-order valence-electron chi connectivity index (χ3n) is 2.55. The second-order valence-corrected chi connectivity index (χ2v) is 4.95. The van der Waals surface area contributed by atoms with Gasteiger partial charge in [-0.1, -0.05) is 17.7 Å². The quantitative estimate of drug-likeness (QED) is 0.924. The van der Waals surface area contributed by atoms with Crippen molar-refractivity contribution in [2.24, 2.45) is 5.92 Å². The van der Waals surface area contributed by atoms with Crippen LogP contribution in [0.3, 0.4) is 0 Å². The molecule has 0 amide bonds. The minimum absolute atomic E-state index is 0.611. The SMILES string of the molecule is Clc1c(Br)cccc1OCC1CCNC1. The first kappa shape index (κ1) is 11.2. The summed E-state index contributed by atoms with van der Waals surface area (Å²) in [5, 5.41) is 3.97. The van der Waals surface area contributed by atoms with Crippen molar-refractivity contribution in [2.45, 2.75) is 6.42 Å². The van der Waals surface area contributed by atoms with E-state index in [0.717, 1.165) is 29.9 Å². The van der Waals surface area contributed by atoms with Crippen LogP contribution in [0.5, 0.6) is 5.75 Å². The van der Waals surface area contributed by atoms with E-state index < -0.39 is 0 Å². The van der Waals surface area contributed by atoms with E-state index in [1.54, 1.807) is 0 Å². The molecule has 1 unspecified atom stereocenters. The molecule has 1 heterocycles. The number of hydrogen-bond acceptors (Lipinski definition) is 2. The van der Waals surface area contributed by atoms with Crippen LogP contribution in [0.2, 0.25) is 5.02 Å². The lowest BCUT2D eigenvalue weighted by atomic mass is 10.1. The molecule has 1 N–H and O–H groups in total. The lowest BCUT2D eigenvalue weighted by molar-refractivity contribution is 0.260. The van der Waals surface area contributed by atoms with E-state index >= 15 is 0 Å². The van der Waals surface area contributed by atoms with E-state index in [2.05, 4.69) is 21.2 Å². The molecule has 1 fully saturated rings. The average molecular weight is 291 g/mol. The number of rotatable bonds is 3. The lowest BCUT2D eigenvalue weighted by Gasteiger charge is -2.12. The monoisotopic (exact) mass is 289 g/mol. The fourth-order valence-electron chi connectivity index (χ4n) is 1.66. The third-order valence-corrected chi connectivity index (χ3v) is 3.83. The molecule has 1 aromatic rings. The van der Waals surface area contributed by atoms with Crippen molar-refractivity contribution in [3.63, 3.8) is 0 Å². The van der Waals surface area contributed by atoms with Crippen molar-refractivity contribution in [1.29, 1.82) is 0 Å². The molecule has 0 bridgehead atoms. The van der Waals surface area contributed by atoms with E-state index in [4.69, 9.17) is 16.3 Å². The molecule has 0 radical (unpaired) electrons. The van der Waals surface area contributed by atoms with Crippen molar-refractivity contribution >= 4 is 27.5 Å². The van der Waals surface area contributed by atoms with Gasteiger partial charge in [-0.05, 0) is 41.0 Å². The molecule has 4 heteroatoms. The maximum Gasteiger partial charge on any atom is 0.139 e. The Balaban J connectivity index is 1.95. The topological polar surface area (TPSA) is 21.3 Å². The van der Waals surface area contributed by atoms with Crippen LogP contribution in [-0.2, 0) is 0 Å². The Morgan fingerprint density at radius 2 is 2.40 bits per heavy atom.